The van der Waals surface area contributed by atoms with E-state index in [0.717, 1.165) is 44.9 Å². The van der Waals surface area contributed by atoms with E-state index in [1.807, 2.05) is 6.08 Å². The highest BCUT2D eigenvalue weighted by atomic mass is 16.4. The van der Waals surface area contributed by atoms with E-state index in [2.05, 4.69) is 20.8 Å². The summed E-state index contributed by atoms with van der Waals surface area (Å²) in [6, 6.07) is 0. The largest absolute Gasteiger partial charge is 0.481 e. The van der Waals surface area contributed by atoms with Crippen molar-refractivity contribution >= 4 is 11.8 Å². The van der Waals surface area contributed by atoms with E-state index in [1.54, 1.807) is 0 Å². The smallest absolute Gasteiger partial charge is 0.303 e. The van der Waals surface area contributed by atoms with E-state index in [9.17, 15) is 14.7 Å². The minimum absolute atomic E-state index is 0.0755. The molecule has 156 valence electrons. The number of aliphatic hydroxyl groups excluding tert-OH is 1. The Hall–Kier alpha value is -1.16. The van der Waals surface area contributed by atoms with Crippen LogP contribution in [0, 0.1) is 40.4 Å². The summed E-state index contributed by atoms with van der Waals surface area (Å²) in [5.74, 6) is 1.51. The molecule has 3 saturated carbocycles. The van der Waals surface area contributed by atoms with Gasteiger partial charge in [-0.2, -0.15) is 0 Å². The van der Waals surface area contributed by atoms with Crippen LogP contribution in [-0.4, -0.2) is 28.1 Å². The Morgan fingerprint density at radius 1 is 1.21 bits per heavy atom. The second-order valence-corrected chi connectivity index (χ2v) is 10.7. The standard InChI is InChI=1S/C24H36O4/c1-14(4-9-22(27)28)18-7-8-19-17-6-5-15-12-16(25)10-11-23(15,2)20(17)13-21(26)24(18,19)3/h13-19,25H,4-12H2,1-3H3,(H,27,28)/t14-,15-,16-,17+,18+,19-,23-,24+/m1/s1. The maximum Gasteiger partial charge on any atom is 0.303 e. The van der Waals surface area contributed by atoms with E-state index in [4.69, 9.17) is 5.11 Å². The van der Waals surface area contributed by atoms with Gasteiger partial charge >= 0.3 is 5.97 Å². The molecule has 0 spiro atoms. The van der Waals surface area contributed by atoms with Crippen LogP contribution in [0.25, 0.3) is 0 Å². The van der Waals surface area contributed by atoms with E-state index < -0.39 is 5.97 Å². The molecule has 4 heteroatoms. The number of ketones is 1. The molecule has 8 atom stereocenters. The SMILES string of the molecule is C[C@H](CCC(=O)O)[C@@H]1CC[C@@H]2[C@@H]3CC[C@@H]4C[C@H](O)CC[C@@]4(C)C3=CC(=O)[C@]21C. The Labute approximate surface area is 168 Å². The maximum absolute atomic E-state index is 13.5. The van der Waals surface area contributed by atoms with Crippen molar-refractivity contribution in [3.63, 3.8) is 0 Å². The minimum atomic E-state index is -0.741. The molecule has 0 aliphatic heterocycles. The van der Waals surface area contributed by atoms with Crippen LogP contribution in [0.5, 0.6) is 0 Å². The number of carbonyl (C=O) groups is 2. The predicted molar refractivity (Wildman–Crippen MR) is 108 cm³/mol. The number of hydrogen-bond donors (Lipinski definition) is 2. The fourth-order valence-corrected chi connectivity index (χ4v) is 7.79. The summed E-state index contributed by atoms with van der Waals surface area (Å²) in [4.78, 5) is 24.6. The number of hydrogen-bond acceptors (Lipinski definition) is 3. The third kappa shape index (κ3) is 2.89. The van der Waals surface area contributed by atoms with Gasteiger partial charge in [0.15, 0.2) is 5.78 Å². The fourth-order valence-electron chi connectivity index (χ4n) is 7.79. The molecular formula is C24H36O4. The average molecular weight is 389 g/mol. The summed E-state index contributed by atoms with van der Waals surface area (Å²) >= 11 is 0. The normalized spacial score (nSPS) is 46.2. The highest BCUT2D eigenvalue weighted by Crippen LogP contribution is 2.65. The summed E-state index contributed by atoms with van der Waals surface area (Å²) in [5, 5.41) is 19.2. The van der Waals surface area contributed by atoms with Gasteiger partial charge in [0.2, 0.25) is 0 Å². The van der Waals surface area contributed by atoms with Gasteiger partial charge in [0.1, 0.15) is 0 Å². The monoisotopic (exact) mass is 388 g/mol. The Bertz CT molecular complexity index is 697. The van der Waals surface area contributed by atoms with Gasteiger partial charge in [-0.25, -0.2) is 0 Å². The van der Waals surface area contributed by atoms with Gasteiger partial charge in [-0.1, -0.05) is 26.3 Å². The highest BCUT2D eigenvalue weighted by molar-refractivity contribution is 5.97. The van der Waals surface area contributed by atoms with Crippen LogP contribution in [0.1, 0.15) is 78.6 Å². The summed E-state index contributed by atoms with van der Waals surface area (Å²) in [6.45, 7) is 6.68. The molecule has 28 heavy (non-hydrogen) atoms. The van der Waals surface area contributed by atoms with Crippen molar-refractivity contribution in [3.8, 4) is 0 Å². The number of fused-ring (bicyclic) bond motifs is 5. The van der Waals surface area contributed by atoms with Crippen molar-refractivity contribution in [3.05, 3.63) is 11.6 Å². The van der Waals surface area contributed by atoms with E-state index >= 15 is 0 Å². The van der Waals surface area contributed by atoms with Gasteiger partial charge in [0, 0.05) is 11.8 Å². The number of aliphatic carboxylic acids is 1. The lowest BCUT2D eigenvalue weighted by molar-refractivity contribution is -0.137. The Morgan fingerprint density at radius 2 is 1.96 bits per heavy atom. The summed E-state index contributed by atoms with van der Waals surface area (Å²) in [5.41, 5.74) is 1.14. The number of carbonyl (C=O) groups excluding carboxylic acids is 1. The van der Waals surface area contributed by atoms with E-state index in [-0.39, 0.29) is 29.3 Å². The zero-order chi connectivity index (χ0) is 20.3. The number of allylic oxidation sites excluding steroid dienone is 2. The highest BCUT2D eigenvalue weighted by Gasteiger charge is 2.60. The van der Waals surface area contributed by atoms with Crippen LogP contribution >= 0.6 is 0 Å². The molecule has 0 amide bonds. The van der Waals surface area contributed by atoms with E-state index in [1.165, 1.54) is 5.57 Å². The quantitative estimate of drug-likeness (QED) is 0.738. The van der Waals surface area contributed by atoms with Gasteiger partial charge < -0.3 is 10.2 Å². The lowest BCUT2D eigenvalue weighted by Crippen LogP contribution is -2.52. The minimum Gasteiger partial charge on any atom is -0.481 e. The average Bonchev–Trinajstić information content (AvgIpc) is 3.00. The molecule has 0 bridgehead atoms. The van der Waals surface area contributed by atoms with Gasteiger partial charge in [0.05, 0.1) is 6.10 Å². The van der Waals surface area contributed by atoms with Crippen molar-refractivity contribution < 1.29 is 19.8 Å². The lowest BCUT2D eigenvalue weighted by atomic mass is 9.48. The molecule has 4 aliphatic carbocycles. The fraction of sp³-hybridized carbons (Fsp3) is 0.833. The Balaban J connectivity index is 1.63. The molecule has 0 heterocycles. The summed E-state index contributed by atoms with van der Waals surface area (Å²) < 4.78 is 0. The molecule has 0 radical (unpaired) electrons. The van der Waals surface area contributed by atoms with Crippen LogP contribution in [0.15, 0.2) is 11.6 Å². The van der Waals surface area contributed by atoms with Crippen molar-refractivity contribution in [2.75, 3.05) is 0 Å². The molecule has 0 aromatic rings. The second kappa shape index (κ2) is 6.97. The summed E-state index contributed by atoms with van der Waals surface area (Å²) in [7, 11) is 0. The zero-order valence-corrected chi connectivity index (χ0v) is 17.6. The first-order valence-corrected chi connectivity index (χ1v) is 11.3. The molecule has 2 N–H and O–H groups in total. The molecule has 3 fully saturated rings. The number of rotatable bonds is 4. The zero-order valence-electron chi connectivity index (χ0n) is 17.6. The molecule has 4 rings (SSSR count). The van der Waals surface area contributed by atoms with Crippen LogP contribution in [0.2, 0.25) is 0 Å². The molecule has 0 saturated heterocycles. The van der Waals surface area contributed by atoms with Crippen molar-refractivity contribution in [2.24, 2.45) is 40.4 Å². The number of carboxylic acid groups (broad SMARTS) is 1. The Kier molecular flexibility index (Phi) is 5.01. The van der Waals surface area contributed by atoms with Gasteiger partial charge in [0.25, 0.3) is 0 Å². The van der Waals surface area contributed by atoms with Crippen molar-refractivity contribution in [1.82, 2.24) is 0 Å². The third-order valence-corrected chi connectivity index (χ3v) is 9.47. The van der Waals surface area contributed by atoms with Crippen molar-refractivity contribution in [2.45, 2.75) is 84.7 Å². The van der Waals surface area contributed by atoms with Gasteiger partial charge in [-0.05, 0) is 92.4 Å². The van der Waals surface area contributed by atoms with Crippen LogP contribution in [0.4, 0.5) is 0 Å². The molecule has 4 aliphatic rings. The van der Waals surface area contributed by atoms with Gasteiger partial charge in [-0.3, -0.25) is 9.59 Å². The predicted octanol–water partition coefficient (Wildman–Crippen LogP) is 4.61. The maximum atomic E-state index is 13.5. The number of aliphatic hydroxyl groups is 1. The van der Waals surface area contributed by atoms with Crippen LogP contribution in [0.3, 0.4) is 0 Å². The van der Waals surface area contributed by atoms with Crippen molar-refractivity contribution in [1.29, 1.82) is 0 Å². The molecule has 0 aromatic heterocycles. The first kappa shape index (κ1) is 20.1. The van der Waals surface area contributed by atoms with Crippen LogP contribution in [-0.2, 0) is 9.59 Å². The second-order valence-electron chi connectivity index (χ2n) is 10.7. The number of carboxylic acids is 1. The first-order valence-electron chi connectivity index (χ1n) is 11.3. The third-order valence-electron chi connectivity index (χ3n) is 9.47. The van der Waals surface area contributed by atoms with E-state index in [0.29, 0.717) is 35.9 Å². The molecular weight excluding hydrogens is 352 g/mol. The Morgan fingerprint density at radius 3 is 2.68 bits per heavy atom. The first-order chi connectivity index (χ1) is 13.2. The van der Waals surface area contributed by atoms with Gasteiger partial charge in [-0.15, -0.1) is 0 Å². The summed E-state index contributed by atoms with van der Waals surface area (Å²) in [6.07, 6.45) is 9.87. The molecule has 0 aromatic carbocycles. The lowest BCUT2D eigenvalue weighted by Gasteiger charge is -2.56. The topological polar surface area (TPSA) is 74.6 Å². The van der Waals surface area contributed by atoms with Crippen LogP contribution < -0.4 is 0 Å². The molecule has 0 unspecified atom stereocenters. The molecule has 4 nitrogen and oxygen atoms in total.